The van der Waals surface area contributed by atoms with Crippen molar-refractivity contribution in [1.82, 2.24) is 18.6 Å². The van der Waals surface area contributed by atoms with Crippen LogP contribution in [0.3, 0.4) is 0 Å². The van der Waals surface area contributed by atoms with E-state index in [2.05, 4.69) is 22.3 Å². The largest absolute Gasteiger partial charge is 0.435 e. The van der Waals surface area contributed by atoms with Crippen LogP contribution in [0.1, 0.15) is 52.6 Å². The summed E-state index contributed by atoms with van der Waals surface area (Å²) < 4.78 is 36.8. The number of ether oxygens (including phenoxy) is 1. The van der Waals surface area contributed by atoms with Gasteiger partial charge in [0, 0.05) is 24.8 Å². The number of rotatable bonds is 9. The van der Waals surface area contributed by atoms with Crippen molar-refractivity contribution in [2.45, 2.75) is 49.7 Å². The van der Waals surface area contributed by atoms with E-state index in [1.165, 1.54) is 5.56 Å². The molecule has 0 spiro atoms. The van der Waals surface area contributed by atoms with Gasteiger partial charge in [-0.1, -0.05) is 43.7 Å². The van der Waals surface area contributed by atoms with Crippen LogP contribution in [0.4, 0.5) is 8.78 Å². The Labute approximate surface area is 217 Å². The van der Waals surface area contributed by atoms with Crippen LogP contribution in [0.25, 0.3) is 0 Å². The first-order valence-corrected chi connectivity index (χ1v) is 15.1. The predicted octanol–water partition coefficient (Wildman–Crippen LogP) is 5.81. The van der Waals surface area contributed by atoms with Gasteiger partial charge < -0.3 is 9.64 Å². The first-order valence-electron chi connectivity index (χ1n) is 11.8. The summed E-state index contributed by atoms with van der Waals surface area (Å²) in [5.74, 6) is 0.149. The number of nitrogens with one attached hydrogen (secondary N) is 2. The Morgan fingerprint density at radius 1 is 1.22 bits per heavy atom. The molecule has 1 fully saturated rings. The van der Waals surface area contributed by atoms with Crippen molar-refractivity contribution in [2.75, 3.05) is 13.6 Å². The first-order chi connectivity index (χ1) is 17.3. The van der Waals surface area contributed by atoms with E-state index in [0.29, 0.717) is 12.1 Å². The van der Waals surface area contributed by atoms with Gasteiger partial charge >= 0.3 is 6.61 Å². The number of aromatic nitrogens is 2. The Morgan fingerprint density at radius 2 is 1.92 bits per heavy atom. The second kappa shape index (κ2) is 11.5. The van der Waals surface area contributed by atoms with Crippen molar-refractivity contribution in [2.24, 2.45) is 0 Å². The van der Waals surface area contributed by atoms with Crippen molar-refractivity contribution in [1.29, 1.82) is 0 Å². The van der Waals surface area contributed by atoms with Gasteiger partial charge in [0.25, 0.3) is 5.91 Å². The van der Waals surface area contributed by atoms with Crippen molar-refractivity contribution in [3.8, 4) is 9.56 Å². The average molecular weight is 608 g/mol. The predicted molar refractivity (Wildman–Crippen MR) is 145 cm³/mol. The number of halogens is 3. The number of hydrogen-bond donors (Lipinski definition) is 2. The van der Waals surface area contributed by atoms with Crippen LogP contribution in [0.2, 0.25) is 0 Å². The lowest BCUT2D eigenvalue weighted by Crippen LogP contribution is -2.26. The molecule has 1 aliphatic rings. The Morgan fingerprint density at radius 3 is 2.47 bits per heavy atom. The molecule has 4 rings (SSSR count). The summed E-state index contributed by atoms with van der Waals surface area (Å²) >= 11 is -1.76. The van der Waals surface area contributed by atoms with Gasteiger partial charge in [-0.3, -0.25) is 13.4 Å². The molecule has 2 aromatic carbocycles. The summed E-state index contributed by atoms with van der Waals surface area (Å²) in [6, 6.07) is 16.8. The fourth-order valence-electron chi connectivity index (χ4n) is 4.20. The minimum Gasteiger partial charge on any atom is -0.435 e. The van der Waals surface area contributed by atoms with Crippen LogP contribution in [0.15, 0.2) is 54.6 Å². The number of nitrogens with zero attached hydrogens (tertiary/aromatic N) is 2. The number of aromatic amines is 1. The highest BCUT2D eigenvalue weighted by Crippen LogP contribution is 2.62. The van der Waals surface area contributed by atoms with Crippen molar-refractivity contribution in [3.05, 3.63) is 82.7 Å². The number of aryl methyl sites for hydroxylation is 1. The average Bonchev–Trinajstić information content (AvgIpc) is 3.57. The van der Waals surface area contributed by atoms with E-state index >= 15 is 0 Å². The van der Waals surface area contributed by atoms with E-state index < -0.39 is 26.0 Å². The second-order valence-corrected chi connectivity index (χ2v) is 14.4. The fourth-order valence-corrected chi connectivity index (χ4v) is 9.48. The van der Waals surface area contributed by atoms with Crippen molar-refractivity contribution < 1.29 is 18.3 Å². The number of carbonyl (C=O) groups is 1. The van der Waals surface area contributed by atoms with Crippen LogP contribution in [-0.2, 0) is 16.4 Å². The van der Waals surface area contributed by atoms with Crippen LogP contribution in [0.5, 0.6) is 5.75 Å². The zero-order valence-corrected chi connectivity index (χ0v) is 22.8. The van der Waals surface area contributed by atoms with Crippen LogP contribution < -0.4 is 8.27 Å². The molecule has 1 heterocycles. The van der Waals surface area contributed by atoms with E-state index in [9.17, 15) is 13.6 Å². The van der Waals surface area contributed by atoms with Gasteiger partial charge in [-0.2, -0.15) is 13.9 Å². The maximum Gasteiger partial charge on any atom is 0.387 e. The van der Waals surface area contributed by atoms with E-state index in [-0.39, 0.29) is 15.1 Å². The molecule has 3 aromatic rings. The molecule has 0 bridgehead atoms. The third-order valence-corrected chi connectivity index (χ3v) is 12.3. The number of alkyl halides is 3. The molecule has 192 valence electrons. The lowest BCUT2D eigenvalue weighted by Gasteiger charge is -2.20. The molecule has 1 amide bonds. The number of benzene rings is 2. The fraction of sp³-hybridized carbons (Fsp3) is 0.370. The first kappa shape index (κ1) is 26.3. The van der Waals surface area contributed by atoms with Gasteiger partial charge in [-0.05, 0) is 74.6 Å². The van der Waals surface area contributed by atoms with Gasteiger partial charge in [-0.15, -0.1) is 3.81 Å². The van der Waals surface area contributed by atoms with Crippen molar-refractivity contribution >= 4 is 25.3 Å². The smallest absolute Gasteiger partial charge is 0.387 e. The monoisotopic (exact) mass is 608 g/mol. The highest BCUT2D eigenvalue weighted by atomic mass is 127. The SMILES string of the molecule is CC#I(NCCc1ccc(C(=O)N(C)Cc2cc(C)[nH]n2)cc1)C1(c2ccc(OC(F)F)cc2)CC1. The zero-order valence-electron chi connectivity index (χ0n) is 20.7. The molecular formula is C27H31F2IN4O2. The Bertz CT molecular complexity index is 1270. The summed E-state index contributed by atoms with van der Waals surface area (Å²) in [5, 5.41) is 7.09. The lowest BCUT2D eigenvalue weighted by molar-refractivity contribution is -0.0498. The molecule has 36 heavy (non-hydrogen) atoms. The van der Waals surface area contributed by atoms with Crippen molar-refractivity contribution in [3.63, 3.8) is 0 Å². The van der Waals surface area contributed by atoms with Crippen LogP contribution in [0, 0.1) is 10.7 Å². The Hall–Kier alpha value is -2.75. The van der Waals surface area contributed by atoms with Crippen LogP contribution >= 0.6 is 19.4 Å². The number of carbonyl (C=O) groups excluding carboxylic acids is 1. The molecule has 1 saturated carbocycles. The number of hydrogen-bond acceptors (Lipinski definition) is 4. The highest BCUT2D eigenvalue weighted by Gasteiger charge is 2.46. The molecule has 1 aliphatic carbocycles. The quantitative estimate of drug-likeness (QED) is 0.183. The minimum atomic E-state index is -2.81. The van der Waals surface area contributed by atoms with E-state index in [1.807, 2.05) is 56.3 Å². The molecule has 0 radical (unpaired) electrons. The molecule has 0 saturated heterocycles. The van der Waals surface area contributed by atoms with E-state index in [0.717, 1.165) is 42.8 Å². The van der Waals surface area contributed by atoms with Gasteiger partial charge in [0.1, 0.15) is 5.75 Å². The zero-order chi connectivity index (χ0) is 25.7. The molecule has 0 aliphatic heterocycles. The summed E-state index contributed by atoms with van der Waals surface area (Å²) in [6.07, 6.45) is 3.02. The summed E-state index contributed by atoms with van der Waals surface area (Å²) in [4.78, 5) is 14.4. The topological polar surface area (TPSA) is 70.2 Å². The van der Waals surface area contributed by atoms with Gasteiger partial charge in [0.2, 0.25) is 0 Å². The normalized spacial score (nSPS) is 14.1. The second-order valence-electron chi connectivity index (χ2n) is 8.87. The standard InChI is InChI=1S/C27H31F2IN4O2/c1-4-30(27(14-15-27)22-9-11-24(12-10-22)36-26(28)29)31-16-13-20-5-7-21(8-6-20)25(35)34(3)18-23-17-19(2)32-33-23/h5-12,17,26,31H,13-16,18H2,1-3H3,(H,32,33). The molecule has 6 nitrogen and oxygen atoms in total. The molecule has 2 N–H and O–H groups in total. The van der Waals surface area contributed by atoms with Crippen LogP contribution in [-0.4, -0.2) is 41.2 Å². The summed E-state index contributed by atoms with van der Waals surface area (Å²) in [7, 11) is 1.78. The number of H-pyrrole nitrogens is 1. The van der Waals surface area contributed by atoms with Gasteiger partial charge in [0.15, 0.2) is 0 Å². The Kier molecular flexibility index (Phi) is 8.43. The maximum absolute atomic E-state index is 12.8. The third-order valence-electron chi connectivity index (χ3n) is 6.18. The summed E-state index contributed by atoms with van der Waals surface area (Å²) in [6.45, 7) is 2.39. The lowest BCUT2D eigenvalue weighted by atomic mass is 10.1. The van der Waals surface area contributed by atoms with Gasteiger partial charge in [-0.25, -0.2) is 0 Å². The van der Waals surface area contributed by atoms with E-state index in [4.69, 9.17) is 0 Å². The third kappa shape index (κ3) is 6.32. The highest BCUT2D eigenvalue weighted by molar-refractivity contribution is 14.2. The molecular weight excluding hydrogens is 577 g/mol. The Balaban J connectivity index is 1.30. The van der Waals surface area contributed by atoms with Gasteiger partial charge in [0.05, 0.1) is 15.7 Å². The number of amides is 1. The van der Waals surface area contributed by atoms with E-state index in [1.54, 1.807) is 24.1 Å². The molecule has 0 atom stereocenters. The molecule has 0 unspecified atom stereocenters. The summed E-state index contributed by atoms with van der Waals surface area (Å²) in [5.41, 5.74) is 4.79. The molecule has 1 aromatic heterocycles. The maximum atomic E-state index is 12.8. The molecule has 9 heteroatoms. The minimum absolute atomic E-state index is 0.0374.